The molecule has 2 aromatic carbocycles. The summed E-state index contributed by atoms with van der Waals surface area (Å²) in [6.07, 6.45) is 2.31. The lowest BCUT2D eigenvalue weighted by atomic mass is 10.1. The van der Waals surface area contributed by atoms with Gasteiger partial charge in [-0.1, -0.05) is 61.9 Å². The second-order valence-corrected chi connectivity index (χ2v) is 9.38. The fourth-order valence-electron chi connectivity index (χ4n) is 3.53. The van der Waals surface area contributed by atoms with E-state index in [0.29, 0.717) is 18.7 Å². The monoisotopic (exact) mass is 401 g/mol. The summed E-state index contributed by atoms with van der Waals surface area (Å²) >= 11 is 0. The smallest absolute Gasteiger partial charge is 0.260 e. The molecular weight excluding hydrogens is 374 g/mol. The largest absolute Gasteiger partial charge is 0.483 e. The van der Waals surface area contributed by atoms with Gasteiger partial charge in [0, 0.05) is 18.2 Å². The fraction of sp³-hybridized carbons (Fsp3) is 0.409. The molecule has 1 fully saturated rings. The van der Waals surface area contributed by atoms with Crippen LogP contribution < -0.4 is 4.74 Å². The molecule has 0 spiro atoms. The normalized spacial score (nSPS) is 18.0. The zero-order valence-corrected chi connectivity index (χ0v) is 17.0. The van der Waals surface area contributed by atoms with Crippen molar-refractivity contribution in [1.29, 1.82) is 0 Å². The summed E-state index contributed by atoms with van der Waals surface area (Å²) < 4.78 is 29.6. The molecule has 1 amide bonds. The van der Waals surface area contributed by atoms with Gasteiger partial charge in [-0.3, -0.25) is 4.79 Å². The van der Waals surface area contributed by atoms with E-state index in [9.17, 15) is 13.2 Å². The second kappa shape index (κ2) is 9.24. The quantitative estimate of drug-likeness (QED) is 0.679. The van der Waals surface area contributed by atoms with Crippen molar-refractivity contribution < 1.29 is 17.9 Å². The van der Waals surface area contributed by atoms with E-state index >= 15 is 0 Å². The Balaban J connectivity index is 1.71. The molecule has 1 unspecified atom stereocenters. The lowest BCUT2D eigenvalue weighted by Crippen LogP contribution is -2.44. The average molecular weight is 402 g/mol. The summed E-state index contributed by atoms with van der Waals surface area (Å²) in [5, 5.41) is 0. The maximum Gasteiger partial charge on any atom is 0.260 e. The lowest BCUT2D eigenvalue weighted by Gasteiger charge is -2.28. The maximum absolute atomic E-state index is 12.9. The molecular formula is C22H27NO4S. The van der Waals surface area contributed by atoms with Crippen LogP contribution in [0.15, 0.2) is 54.6 Å². The Morgan fingerprint density at radius 1 is 1.11 bits per heavy atom. The van der Waals surface area contributed by atoms with Crippen LogP contribution in [0.4, 0.5) is 0 Å². The Bertz CT molecular complexity index is 896. The molecule has 0 aliphatic carbocycles. The summed E-state index contributed by atoms with van der Waals surface area (Å²) in [7, 11) is -3.04. The molecule has 1 aliphatic rings. The van der Waals surface area contributed by atoms with Gasteiger partial charge in [0.15, 0.2) is 16.4 Å². The number of carbonyl (C=O) groups excluding carboxylic acids is 1. The first-order valence-electron chi connectivity index (χ1n) is 9.77. The molecule has 0 aromatic heterocycles. The third-order valence-electron chi connectivity index (χ3n) is 5.05. The van der Waals surface area contributed by atoms with Crippen LogP contribution in [0.1, 0.15) is 26.2 Å². The summed E-state index contributed by atoms with van der Waals surface area (Å²) in [5.74, 6) is 0.712. The van der Waals surface area contributed by atoms with Crippen molar-refractivity contribution in [3.05, 3.63) is 54.6 Å². The van der Waals surface area contributed by atoms with Gasteiger partial charge < -0.3 is 9.64 Å². The Morgan fingerprint density at radius 3 is 2.50 bits per heavy atom. The second-order valence-electron chi connectivity index (χ2n) is 7.15. The van der Waals surface area contributed by atoms with E-state index in [1.54, 1.807) is 4.90 Å². The standard InChI is InChI=1S/C22H27NO4S/c1-2-3-14-23(19-13-15-28(25,26)17-19)22(24)16-27-21-12-8-7-11-20(21)18-9-5-4-6-10-18/h4-12,19H,2-3,13-17H2,1H3. The highest BCUT2D eigenvalue weighted by Crippen LogP contribution is 2.29. The highest BCUT2D eigenvalue weighted by molar-refractivity contribution is 7.91. The number of rotatable bonds is 8. The van der Waals surface area contributed by atoms with Crippen LogP contribution in [0, 0.1) is 0 Å². The molecule has 5 nitrogen and oxygen atoms in total. The average Bonchev–Trinajstić information content (AvgIpc) is 3.07. The number of hydrogen-bond acceptors (Lipinski definition) is 4. The van der Waals surface area contributed by atoms with E-state index in [0.717, 1.165) is 24.0 Å². The number of unbranched alkanes of at least 4 members (excludes halogenated alkanes) is 1. The lowest BCUT2D eigenvalue weighted by molar-refractivity contribution is -0.135. The molecule has 1 saturated heterocycles. The van der Waals surface area contributed by atoms with Crippen LogP contribution in [-0.4, -0.2) is 49.9 Å². The van der Waals surface area contributed by atoms with Gasteiger partial charge >= 0.3 is 0 Å². The van der Waals surface area contributed by atoms with Crippen LogP contribution >= 0.6 is 0 Å². The van der Waals surface area contributed by atoms with Crippen LogP contribution in [0.25, 0.3) is 11.1 Å². The minimum Gasteiger partial charge on any atom is -0.483 e. The Morgan fingerprint density at radius 2 is 1.82 bits per heavy atom. The predicted octanol–water partition coefficient (Wildman–Crippen LogP) is 3.55. The number of carbonyl (C=O) groups is 1. The number of nitrogens with zero attached hydrogens (tertiary/aromatic N) is 1. The first kappa shape index (κ1) is 20.4. The molecule has 1 atom stereocenters. The van der Waals surface area contributed by atoms with Gasteiger partial charge in [0.2, 0.25) is 0 Å². The Labute approximate surface area is 167 Å². The van der Waals surface area contributed by atoms with Crippen molar-refractivity contribution in [3.8, 4) is 16.9 Å². The number of benzene rings is 2. The number of hydrogen-bond donors (Lipinski definition) is 0. The topological polar surface area (TPSA) is 63.7 Å². The van der Waals surface area contributed by atoms with Gasteiger partial charge in [-0.2, -0.15) is 0 Å². The molecule has 2 aromatic rings. The molecule has 28 heavy (non-hydrogen) atoms. The summed E-state index contributed by atoms with van der Waals surface area (Å²) in [6, 6.07) is 17.3. The van der Waals surface area contributed by atoms with Gasteiger partial charge in [0.25, 0.3) is 5.91 Å². The molecule has 0 bridgehead atoms. The van der Waals surface area contributed by atoms with Crippen molar-refractivity contribution in [3.63, 3.8) is 0 Å². The summed E-state index contributed by atoms with van der Waals surface area (Å²) in [5.41, 5.74) is 1.95. The van der Waals surface area contributed by atoms with Crippen molar-refractivity contribution >= 4 is 15.7 Å². The Kier molecular flexibility index (Phi) is 6.73. The van der Waals surface area contributed by atoms with Gasteiger partial charge in [-0.25, -0.2) is 8.42 Å². The van der Waals surface area contributed by atoms with Crippen LogP contribution in [0.2, 0.25) is 0 Å². The predicted molar refractivity (Wildman–Crippen MR) is 111 cm³/mol. The number of para-hydroxylation sites is 1. The summed E-state index contributed by atoms with van der Waals surface area (Å²) in [4.78, 5) is 14.6. The third kappa shape index (κ3) is 5.13. The molecule has 6 heteroatoms. The number of amides is 1. The zero-order valence-electron chi connectivity index (χ0n) is 16.2. The minimum absolute atomic E-state index is 0.0586. The van der Waals surface area contributed by atoms with Crippen LogP contribution in [0.3, 0.4) is 0 Å². The van der Waals surface area contributed by atoms with E-state index in [1.807, 2.05) is 54.6 Å². The van der Waals surface area contributed by atoms with Gasteiger partial charge in [-0.15, -0.1) is 0 Å². The van der Waals surface area contributed by atoms with Crippen molar-refractivity contribution in [2.45, 2.75) is 32.2 Å². The highest BCUT2D eigenvalue weighted by Gasteiger charge is 2.34. The number of sulfone groups is 1. The highest BCUT2D eigenvalue weighted by atomic mass is 32.2. The first-order valence-corrected chi connectivity index (χ1v) is 11.6. The zero-order chi connectivity index (χ0) is 20.0. The van der Waals surface area contributed by atoms with E-state index in [2.05, 4.69) is 6.92 Å². The molecule has 0 saturated carbocycles. The molecule has 0 N–H and O–H groups in total. The number of ether oxygens (including phenoxy) is 1. The SMILES string of the molecule is CCCCN(C(=O)COc1ccccc1-c1ccccc1)C1CCS(=O)(=O)C1. The third-order valence-corrected chi connectivity index (χ3v) is 6.80. The molecule has 1 aliphatic heterocycles. The van der Waals surface area contributed by atoms with Crippen molar-refractivity contribution in [2.75, 3.05) is 24.7 Å². The van der Waals surface area contributed by atoms with Crippen LogP contribution in [-0.2, 0) is 14.6 Å². The summed E-state index contributed by atoms with van der Waals surface area (Å²) in [6.45, 7) is 2.53. The molecule has 150 valence electrons. The molecule has 3 rings (SSSR count). The van der Waals surface area contributed by atoms with E-state index in [1.165, 1.54) is 0 Å². The first-order chi connectivity index (χ1) is 13.5. The van der Waals surface area contributed by atoms with Gasteiger partial charge in [0.05, 0.1) is 11.5 Å². The van der Waals surface area contributed by atoms with Crippen molar-refractivity contribution in [1.82, 2.24) is 4.90 Å². The van der Waals surface area contributed by atoms with E-state index in [4.69, 9.17) is 4.74 Å². The Hall–Kier alpha value is -2.34. The molecule has 1 heterocycles. The van der Waals surface area contributed by atoms with Crippen molar-refractivity contribution in [2.24, 2.45) is 0 Å². The maximum atomic E-state index is 12.9. The molecule has 0 radical (unpaired) electrons. The van der Waals surface area contributed by atoms with Gasteiger partial charge in [-0.05, 0) is 24.5 Å². The van der Waals surface area contributed by atoms with E-state index in [-0.39, 0.29) is 30.1 Å². The van der Waals surface area contributed by atoms with E-state index < -0.39 is 9.84 Å². The fourth-order valence-corrected chi connectivity index (χ4v) is 5.26. The minimum atomic E-state index is -3.04. The van der Waals surface area contributed by atoms with Crippen LogP contribution in [0.5, 0.6) is 5.75 Å². The van der Waals surface area contributed by atoms with Gasteiger partial charge in [0.1, 0.15) is 5.75 Å².